The van der Waals surface area contributed by atoms with Gasteiger partial charge in [-0.2, -0.15) is 0 Å². The number of hydrogen-bond donors (Lipinski definition) is 2. The van der Waals surface area contributed by atoms with Gasteiger partial charge in [-0.3, -0.25) is 9.36 Å². The van der Waals surface area contributed by atoms with Crippen LogP contribution < -0.4 is 16.6 Å². The molecule has 0 saturated heterocycles. The number of nitrogens with one attached hydrogen (secondary N) is 1. The van der Waals surface area contributed by atoms with Gasteiger partial charge in [0, 0.05) is 30.9 Å². The Balaban J connectivity index is 0.00000106. The largest absolute Gasteiger partial charge is 0.398 e. The van der Waals surface area contributed by atoms with E-state index in [4.69, 9.17) is 5.73 Å². The van der Waals surface area contributed by atoms with Crippen molar-refractivity contribution in [3.8, 4) is 0 Å². The van der Waals surface area contributed by atoms with Crippen LogP contribution in [0.15, 0.2) is 29.7 Å². The molecule has 0 atom stereocenters. The van der Waals surface area contributed by atoms with E-state index in [9.17, 15) is 4.79 Å². The van der Waals surface area contributed by atoms with Gasteiger partial charge in [0.1, 0.15) is 5.65 Å². The van der Waals surface area contributed by atoms with E-state index < -0.39 is 0 Å². The molecular formula is C16H24N4O. The van der Waals surface area contributed by atoms with Crippen LogP contribution in [-0.4, -0.2) is 16.6 Å². The lowest BCUT2D eigenvalue weighted by molar-refractivity contribution is 0.671. The van der Waals surface area contributed by atoms with E-state index in [1.807, 2.05) is 32.9 Å². The van der Waals surface area contributed by atoms with Crippen molar-refractivity contribution in [2.75, 3.05) is 12.4 Å². The number of aromatic nitrogens is 2. The maximum absolute atomic E-state index is 12.5. The van der Waals surface area contributed by atoms with Crippen LogP contribution in [0.4, 0.5) is 5.69 Å². The van der Waals surface area contributed by atoms with Crippen LogP contribution in [0.5, 0.6) is 0 Å². The van der Waals surface area contributed by atoms with Gasteiger partial charge in [0.25, 0.3) is 5.56 Å². The summed E-state index contributed by atoms with van der Waals surface area (Å²) in [7, 11) is 1.76. The van der Waals surface area contributed by atoms with Crippen molar-refractivity contribution in [2.24, 2.45) is 5.73 Å². The predicted molar refractivity (Wildman–Crippen MR) is 90.4 cm³/mol. The Labute approximate surface area is 125 Å². The summed E-state index contributed by atoms with van der Waals surface area (Å²) in [6.45, 7) is 10.3. The Kier molecular flexibility index (Phi) is 5.96. The van der Waals surface area contributed by atoms with E-state index in [0.29, 0.717) is 23.4 Å². The van der Waals surface area contributed by atoms with E-state index in [0.717, 1.165) is 11.8 Å². The molecule has 0 saturated carbocycles. The van der Waals surface area contributed by atoms with Crippen LogP contribution in [0.2, 0.25) is 0 Å². The molecule has 0 amide bonds. The fourth-order valence-corrected chi connectivity index (χ4v) is 2.27. The maximum atomic E-state index is 12.5. The van der Waals surface area contributed by atoms with Crippen molar-refractivity contribution in [3.05, 3.63) is 40.8 Å². The molecule has 114 valence electrons. The summed E-state index contributed by atoms with van der Waals surface area (Å²) < 4.78 is 1.66. The highest BCUT2D eigenvalue weighted by Gasteiger charge is 2.17. The van der Waals surface area contributed by atoms with Crippen LogP contribution in [0.25, 0.3) is 16.7 Å². The Hall–Kier alpha value is -2.30. The standard InChI is InChI=1S/C14H18N4O.C2H6/c1-4-8-18-13-10(6-5-7-17-13)12(16-3)11(9(2)15)14(18)19;1-2/h5-7,16H,2,4,8,15H2,1,3H3;1-2H3. The first-order valence-corrected chi connectivity index (χ1v) is 7.25. The molecule has 21 heavy (non-hydrogen) atoms. The number of nitrogens with two attached hydrogens (primary N) is 1. The van der Waals surface area contributed by atoms with Crippen LogP contribution in [-0.2, 0) is 6.54 Å². The molecule has 2 heterocycles. The Morgan fingerprint density at radius 3 is 2.67 bits per heavy atom. The monoisotopic (exact) mass is 288 g/mol. The normalized spacial score (nSPS) is 9.90. The van der Waals surface area contributed by atoms with Crippen LogP contribution in [0.3, 0.4) is 0 Å². The molecule has 2 aromatic heterocycles. The summed E-state index contributed by atoms with van der Waals surface area (Å²) in [5.41, 5.74) is 7.68. The highest BCUT2D eigenvalue weighted by molar-refractivity contribution is 5.95. The van der Waals surface area contributed by atoms with Gasteiger partial charge in [0.05, 0.1) is 11.3 Å². The molecule has 3 N–H and O–H groups in total. The van der Waals surface area contributed by atoms with Crippen molar-refractivity contribution in [2.45, 2.75) is 33.7 Å². The number of anilines is 1. The summed E-state index contributed by atoms with van der Waals surface area (Å²) in [5.74, 6) is 0. The van der Waals surface area contributed by atoms with Gasteiger partial charge >= 0.3 is 0 Å². The van der Waals surface area contributed by atoms with E-state index in [1.165, 1.54) is 0 Å². The first-order valence-electron chi connectivity index (χ1n) is 7.25. The van der Waals surface area contributed by atoms with Crippen molar-refractivity contribution in [3.63, 3.8) is 0 Å². The maximum Gasteiger partial charge on any atom is 0.263 e. The average molecular weight is 288 g/mol. The summed E-state index contributed by atoms with van der Waals surface area (Å²) in [6.07, 6.45) is 2.53. The van der Waals surface area contributed by atoms with E-state index in [1.54, 1.807) is 17.8 Å². The second kappa shape index (κ2) is 7.47. The van der Waals surface area contributed by atoms with Crippen LogP contribution in [0, 0.1) is 0 Å². The molecule has 2 aromatic rings. The lowest BCUT2D eigenvalue weighted by Crippen LogP contribution is -2.27. The molecule has 0 aromatic carbocycles. The fraction of sp³-hybridized carbons (Fsp3) is 0.375. The molecule has 0 aliphatic rings. The van der Waals surface area contributed by atoms with Gasteiger partial charge in [0.2, 0.25) is 0 Å². The second-order valence-electron chi connectivity index (χ2n) is 4.36. The highest BCUT2D eigenvalue weighted by Crippen LogP contribution is 2.25. The third kappa shape index (κ3) is 3.07. The van der Waals surface area contributed by atoms with E-state index in [-0.39, 0.29) is 11.3 Å². The molecule has 0 unspecified atom stereocenters. The summed E-state index contributed by atoms with van der Waals surface area (Å²) in [5, 5.41) is 3.91. The van der Waals surface area contributed by atoms with Crippen molar-refractivity contribution < 1.29 is 0 Å². The Bertz CT molecular complexity index is 688. The SMILES string of the molecule is C=C(N)c1c(NC)c2cccnc2n(CCC)c1=O.CC. The van der Waals surface area contributed by atoms with Crippen LogP contribution >= 0.6 is 0 Å². The zero-order chi connectivity index (χ0) is 16.0. The Morgan fingerprint density at radius 2 is 2.14 bits per heavy atom. The number of fused-ring (bicyclic) bond motifs is 1. The molecule has 0 bridgehead atoms. The zero-order valence-corrected chi connectivity index (χ0v) is 13.2. The van der Waals surface area contributed by atoms with Gasteiger partial charge in [-0.25, -0.2) is 4.98 Å². The van der Waals surface area contributed by atoms with Gasteiger partial charge < -0.3 is 11.1 Å². The third-order valence-corrected chi connectivity index (χ3v) is 3.04. The summed E-state index contributed by atoms with van der Waals surface area (Å²) in [4.78, 5) is 16.9. The van der Waals surface area contributed by atoms with Crippen molar-refractivity contribution in [1.82, 2.24) is 9.55 Å². The predicted octanol–water partition coefficient (Wildman–Crippen LogP) is 2.80. The molecule has 0 radical (unpaired) electrons. The van der Waals surface area contributed by atoms with E-state index in [2.05, 4.69) is 16.9 Å². The molecule has 5 nitrogen and oxygen atoms in total. The minimum absolute atomic E-state index is 0.148. The highest BCUT2D eigenvalue weighted by atomic mass is 16.1. The quantitative estimate of drug-likeness (QED) is 0.907. The minimum Gasteiger partial charge on any atom is -0.398 e. The molecule has 0 fully saturated rings. The topological polar surface area (TPSA) is 72.9 Å². The smallest absolute Gasteiger partial charge is 0.263 e. The van der Waals surface area contributed by atoms with E-state index >= 15 is 0 Å². The summed E-state index contributed by atoms with van der Waals surface area (Å²) in [6, 6.07) is 3.76. The average Bonchev–Trinajstić information content (AvgIpc) is 2.51. The molecule has 5 heteroatoms. The minimum atomic E-state index is -0.148. The van der Waals surface area contributed by atoms with Gasteiger partial charge in [0.15, 0.2) is 0 Å². The number of rotatable bonds is 4. The third-order valence-electron chi connectivity index (χ3n) is 3.04. The molecule has 0 aliphatic heterocycles. The lowest BCUT2D eigenvalue weighted by Gasteiger charge is -2.16. The summed E-state index contributed by atoms with van der Waals surface area (Å²) >= 11 is 0. The van der Waals surface area contributed by atoms with Gasteiger partial charge in [-0.1, -0.05) is 27.4 Å². The number of pyridine rings is 2. The molecule has 0 spiro atoms. The van der Waals surface area contributed by atoms with Crippen molar-refractivity contribution in [1.29, 1.82) is 0 Å². The number of hydrogen-bond acceptors (Lipinski definition) is 4. The first-order chi connectivity index (χ1) is 10.1. The number of aryl methyl sites for hydroxylation is 1. The fourth-order valence-electron chi connectivity index (χ4n) is 2.27. The number of nitrogens with zero attached hydrogens (tertiary/aromatic N) is 2. The van der Waals surface area contributed by atoms with Crippen LogP contribution in [0.1, 0.15) is 32.8 Å². The molecule has 0 aliphatic carbocycles. The Morgan fingerprint density at radius 1 is 1.48 bits per heavy atom. The van der Waals surface area contributed by atoms with Gasteiger partial charge in [-0.15, -0.1) is 0 Å². The first kappa shape index (κ1) is 16.8. The molecule has 2 rings (SSSR count). The van der Waals surface area contributed by atoms with Crippen molar-refractivity contribution >= 4 is 22.4 Å². The second-order valence-corrected chi connectivity index (χ2v) is 4.36. The molecular weight excluding hydrogens is 264 g/mol. The lowest BCUT2D eigenvalue weighted by atomic mass is 10.1. The van der Waals surface area contributed by atoms with Gasteiger partial charge in [-0.05, 0) is 18.6 Å². The zero-order valence-electron chi connectivity index (χ0n) is 13.2.